The topological polar surface area (TPSA) is 78.9 Å². The first-order valence-corrected chi connectivity index (χ1v) is 25.2. The average Bonchev–Trinajstić information content (AvgIpc) is 3.27. The Labute approximate surface area is 381 Å². The van der Waals surface area contributed by atoms with E-state index in [-0.39, 0.29) is 37.5 Å². The highest BCUT2D eigenvalue weighted by Gasteiger charge is 2.19. The SMILES string of the molecule is CC/C=C\C/C=C\C/C=C\C/C=C\C/C=C\C/C=C\CCC(=O)OC[C@@H](COC(=O)CCCCCCCCCCCCC)OC(=O)CCCCCCC/C=C\C/C=C\CCCC. The largest absolute Gasteiger partial charge is 0.462 e. The molecule has 0 aromatic rings. The van der Waals surface area contributed by atoms with E-state index in [0.717, 1.165) is 103 Å². The fourth-order valence-electron chi connectivity index (χ4n) is 6.54. The van der Waals surface area contributed by atoms with Crippen molar-refractivity contribution in [3.05, 3.63) is 97.2 Å². The lowest BCUT2D eigenvalue weighted by molar-refractivity contribution is -0.166. The second-order valence-electron chi connectivity index (χ2n) is 16.3. The van der Waals surface area contributed by atoms with Crippen molar-refractivity contribution in [1.29, 1.82) is 0 Å². The van der Waals surface area contributed by atoms with E-state index in [0.29, 0.717) is 19.3 Å². The first-order valence-electron chi connectivity index (χ1n) is 25.2. The zero-order chi connectivity index (χ0) is 45.1. The molecule has 0 rings (SSSR count). The van der Waals surface area contributed by atoms with Gasteiger partial charge in [-0.05, 0) is 83.5 Å². The molecule has 0 bridgehead atoms. The predicted molar refractivity (Wildman–Crippen MR) is 265 cm³/mol. The lowest BCUT2D eigenvalue weighted by Gasteiger charge is -2.18. The number of esters is 3. The molecule has 0 aromatic carbocycles. The quantitative estimate of drug-likeness (QED) is 0.0263. The normalized spacial score (nSPS) is 12.9. The minimum atomic E-state index is -0.813. The summed E-state index contributed by atoms with van der Waals surface area (Å²) in [6, 6.07) is 0. The van der Waals surface area contributed by atoms with Gasteiger partial charge < -0.3 is 14.2 Å². The zero-order valence-corrected chi connectivity index (χ0v) is 40.1. The molecule has 6 heteroatoms. The van der Waals surface area contributed by atoms with Crippen LogP contribution in [0.1, 0.15) is 220 Å². The van der Waals surface area contributed by atoms with Gasteiger partial charge in [-0.15, -0.1) is 0 Å². The number of allylic oxidation sites excluding steroid dienone is 16. The summed E-state index contributed by atoms with van der Waals surface area (Å²) in [5.41, 5.74) is 0. The summed E-state index contributed by atoms with van der Waals surface area (Å²) < 4.78 is 16.7. The molecular weight excluding hydrogens is 769 g/mol. The van der Waals surface area contributed by atoms with Crippen LogP contribution in [-0.4, -0.2) is 37.2 Å². The number of hydrogen-bond acceptors (Lipinski definition) is 6. The summed E-state index contributed by atoms with van der Waals surface area (Å²) >= 11 is 0. The molecule has 0 fully saturated rings. The average molecular weight is 861 g/mol. The number of unbranched alkanes of at least 4 members (excludes halogenated alkanes) is 17. The molecule has 0 aromatic heterocycles. The molecule has 0 unspecified atom stereocenters. The summed E-state index contributed by atoms with van der Waals surface area (Å²) in [6.45, 7) is 6.38. The van der Waals surface area contributed by atoms with E-state index in [1.807, 2.05) is 12.2 Å². The standard InChI is InChI=1S/C56H92O6/c1-4-7-10-13-16-19-22-24-26-27-28-29-30-32-34-37-40-43-46-49-55(58)61-52-53(51-60-54(57)48-45-42-39-36-33-21-18-15-12-9-6-3)62-56(59)50-47-44-41-38-35-31-25-23-20-17-14-11-8-5-2/h7,10,14,16-17,19,23-26,28-29,32,34,40,43,53H,4-6,8-9,11-13,15,18,20-22,27,30-31,33,35-39,41-42,44-52H2,1-3H3/b10-7-,17-14-,19-16-,25-23-,26-24-,29-28-,34-32-,43-40-/t53-/m1/s1. The molecule has 0 amide bonds. The van der Waals surface area contributed by atoms with E-state index in [1.165, 1.54) is 70.6 Å². The second kappa shape index (κ2) is 50.0. The minimum absolute atomic E-state index is 0.106. The monoisotopic (exact) mass is 861 g/mol. The summed E-state index contributed by atoms with van der Waals surface area (Å²) in [6.07, 6.45) is 65.4. The van der Waals surface area contributed by atoms with Crippen molar-refractivity contribution in [2.45, 2.75) is 226 Å². The molecule has 0 aliphatic rings. The lowest BCUT2D eigenvalue weighted by Crippen LogP contribution is -2.30. The number of carbonyl (C=O) groups excluding carboxylic acids is 3. The van der Waals surface area contributed by atoms with Crippen LogP contribution in [0.5, 0.6) is 0 Å². The van der Waals surface area contributed by atoms with Gasteiger partial charge in [0.2, 0.25) is 0 Å². The Morgan fingerprint density at radius 3 is 1.13 bits per heavy atom. The summed E-state index contributed by atoms with van der Waals surface area (Å²) in [5, 5.41) is 0. The summed E-state index contributed by atoms with van der Waals surface area (Å²) in [7, 11) is 0. The van der Waals surface area contributed by atoms with Crippen LogP contribution in [0.3, 0.4) is 0 Å². The number of ether oxygens (including phenoxy) is 3. The predicted octanol–water partition coefficient (Wildman–Crippen LogP) is 16.6. The smallest absolute Gasteiger partial charge is 0.306 e. The van der Waals surface area contributed by atoms with Gasteiger partial charge in [-0.2, -0.15) is 0 Å². The van der Waals surface area contributed by atoms with Gasteiger partial charge in [-0.1, -0.05) is 214 Å². The van der Waals surface area contributed by atoms with Crippen molar-refractivity contribution >= 4 is 17.9 Å². The maximum absolute atomic E-state index is 12.8. The molecule has 0 saturated heterocycles. The van der Waals surface area contributed by atoms with Gasteiger partial charge in [0.25, 0.3) is 0 Å². The molecule has 0 spiro atoms. The lowest BCUT2D eigenvalue weighted by atomic mass is 10.1. The Hall–Kier alpha value is -3.67. The Balaban J connectivity index is 4.51. The molecule has 0 radical (unpaired) electrons. The van der Waals surface area contributed by atoms with Crippen molar-refractivity contribution < 1.29 is 28.6 Å². The van der Waals surface area contributed by atoms with Gasteiger partial charge in [-0.25, -0.2) is 0 Å². The number of carbonyl (C=O) groups is 3. The Bertz CT molecular complexity index is 1260. The van der Waals surface area contributed by atoms with E-state index in [4.69, 9.17) is 14.2 Å². The number of rotatable bonds is 44. The van der Waals surface area contributed by atoms with E-state index in [2.05, 4.69) is 106 Å². The zero-order valence-electron chi connectivity index (χ0n) is 40.1. The molecule has 6 nitrogen and oxygen atoms in total. The fraction of sp³-hybridized carbons (Fsp3) is 0.661. The first-order chi connectivity index (χ1) is 30.5. The van der Waals surface area contributed by atoms with Crippen molar-refractivity contribution in [1.82, 2.24) is 0 Å². The van der Waals surface area contributed by atoms with E-state index in [9.17, 15) is 14.4 Å². The molecular formula is C56H92O6. The van der Waals surface area contributed by atoms with E-state index >= 15 is 0 Å². The van der Waals surface area contributed by atoms with Crippen LogP contribution in [0.4, 0.5) is 0 Å². The Morgan fingerprint density at radius 2 is 0.677 bits per heavy atom. The van der Waals surface area contributed by atoms with Gasteiger partial charge in [0, 0.05) is 19.3 Å². The fourth-order valence-corrected chi connectivity index (χ4v) is 6.54. The minimum Gasteiger partial charge on any atom is -0.462 e. The summed E-state index contributed by atoms with van der Waals surface area (Å²) in [5.74, 6) is -1.01. The summed E-state index contributed by atoms with van der Waals surface area (Å²) in [4.78, 5) is 37.9. The molecule has 0 saturated carbocycles. The molecule has 0 N–H and O–H groups in total. The number of hydrogen-bond donors (Lipinski definition) is 0. The van der Waals surface area contributed by atoms with Crippen molar-refractivity contribution in [2.24, 2.45) is 0 Å². The van der Waals surface area contributed by atoms with Gasteiger partial charge in [-0.3, -0.25) is 14.4 Å². The van der Waals surface area contributed by atoms with Crippen molar-refractivity contribution in [3.8, 4) is 0 Å². The third kappa shape index (κ3) is 47.4. The second-order valence-corrected chi connectivity index (χ2v) is 16.3. The molecule has 62 heavy (non-hydrogen) atoms. The Morgan fingerprint density at radius 1 is 0.339 bits per heavy atom. The van der Waals surface area contributed by atoms with Crippen LogP contribution >= 0.6 is 0 Å². The maximum atomic E-state index is 12.8. The maximum Gasteiger partial charge on any atom is 0.306 e. The third-order valence-electron chi connectivity index (χ3n) is 10.3. The van der Waals surface area contributed by atoms with E-state index in [1.54, 1.807) is 0 Å². The highest BCUT2D eigenvalue weighted by Crippen LogP contribution is 2.14. The Kier molecular flexibility index (Phi) is 47.0. The molecule has 0 aliphatic heterocycles. The van der Waals surface area contributed by atoms with Crippen LogP contribution in [0.15, 0.2) is 97.2 Å². The third-order valence-corrected chi connectivity index (χ3v) is 10.3. The molecule has 0 heterocycles. The van der Waals surface area contributed by atoms with E-state index < -0.39 is 6.10 Å². The highest BCUT2D eigenvalue weighted by molar-refractivity contribution is 5.71. The van der Waals surface area contributed by atoms with Gasteiger partial charge in [0.15, 0.2) is 6.10 Å². The van der Waals surface area contributed by atoms with Crippen LogP contribution in [-0.2, 0) is 28.6 Å². The van der Waals surface area contributed by atoms with Crippen LogP contribution in [0.2, 0.25) is 0 Å². The first kappa shape index (κ1) is 58.3. The highest BCUT2D eigenvalue weighted by atomic mass is 16.6. The molecule has 1 atom stereocenters. The van der Waals surface area contributed by atoms with Gasteiger partial charge >= 0.3 is 17.9 Å². The van der Waals surface area contributed by atoms with Crippen LogP contribution in [0, 0.1) is 0 Å². The molecule has 352 valence electrons. The van der Waals surface area contributed by atoms with Gasteiger partial charge in [0.1, 0.15) is 13.2 Å². The van der Waals surface area contributed by atoms with Crippen LogP contribution in [0.25, 0.3) is 0 Å². The molecule has 0 aliphatic carbocycles. The van der Waals surface area contributed by atoms with Crippen molar-refractivity contribution in [3.63, 3.8) is 0 Å². The van der Waals surface area contributed by atoms with Crippen LogP contribution < -0.4 is 0 Å². The van der Waals surface area contributed by atoms with Gasteiger partial charge in [0.05, 0.1) is 0 Å². The van der Waals surface area contributed by atoms with Crippen molar-refractivity contribution in [2.75, 3.05) is 13.2 Å².